The van der Waals surface area contributed by atoms with Gasteiger partial charge < -0.3 is 9.80 Å². The molecule has 116 valence electrons. The minimum Gasteiger partial charge on any atom is -0.355 e. The smallest absolute Gasteiger partial charge is 0.151 e. The Balaban J connectivity index is 1.70. The van der Waals surface area contributed by atoms with Crippen LogP contribution in [0.5, 0.6) is 0 Å². The van der Waals surface area contributed by atoms with Gasteiger partial charge in [-0.25, -0.2) is 0 Å². The Morgan fingerprint density at radius 2 is 2.05 bits per heavy atom. The van der Waals surface area contributed by atoms with Crippen molar-refractivity contribution in [1.82, 2.24) is 15.1 Å². The Kier molecular flexibility index (Phi) is 4.16. The molecule has 0 bridgehead atoms. The molecule has 0 saturated carbocycles. The van der Waals surface area contributed by atoms with Crippen LogP contribution in [0, 0.1) is 12.3 Å². The van der Waals surface area contributed by atoms with Gasteiger partial charge in [0.2, 0.25) is 0 Å². The second kappa shape index (κ2) is 5.91. The van der Waals surface area contributed by atoms with Crippen LogP contribution in [0.25, 0.3) is 0 Å². The molecule has 0 unspecified atom stereocenters. The van der Waals surface area contributed by atoms with Gasteiger partial charge in [-0.3, -0.25) is 0 Å². The molecule has 4 heteroatoms. The second-order valence-corrected chi connectivity index (χ2v) is 7.04. The van der Waals surface area contributed by atoms with Crippen LogP contribution < -0.4 is 4.90 Å². The van der Waals surface area contributed by atoms with Gasteiger partial charge >= 0.3 is 0 Å². The van der Waals surface area contributed by atoms with E-state index in [1.54, 1.807) is 0 Å². The molecular weight excluding hydrogens is 260 g/mol. The fraction of sp³-hybridized carbons (Fsp3) is 0.765. The zero-order chi connectivity index (χ0) is 14.9. The molecule has 2 atom stereocenters. The molecular formula is C17H28N4. The fourth-order valence-electron chi connectivity index (χ4n) is 3.90. The Morgan fingerprint density at radius 3 is 2.76 bits per heavy atom. The van der Waals surface area contributed by atoms with Gasteiger partial charge in [0, 0.05) is 31.1 Å². The van der Waals surface area contributed by atoms with E-state index in [0.29, 0.717) is 5.41 Å². The number of rotatable bonds is 3. The summed E-state index contributed by atoms with van der Waals surface area (Å²) in [6.07, 6.45) is 5.25. The lowest BCUT2D eigenvalue weighted by molar-refractivity contribution is 0.188. The third-order valence-corrected chi connectivity index (χ3v) is 5.45. The van der Waals surface area contributed by atoms with Gasteiger partial charge in [0.1, 0.15) is 0 Å². The Labute approximate surface area is 128 Å². The van der Waals surface area contributed by atoms with Crippen LogP contribution in [0.4, 0.5) is 5.82 Å². The number of aromatic nitrogens is 2. The summed E-state index contributed by atoms with van der Waals surface area (Å²) in [4.78, 5) is 5.14. The van der Waals surface area contributed by atoms with E-state index in [1.165, 1.54) is 38.8 Å². The lowest BCUT2D eigenvalue weighted by Crippen LogP contribution is -2.46. The quantitative estimate of drug-likeness (QED) is 0.856. The topological polar surface area (TPSA) is 32.3 Å². The van der Waals surface area contributed by atoms with Gasteiger partial charge in [-0.15, -0.1) is 5.10 Å². The van der Waals surface area contributed by atoms with Crippen LogP contribution in [-0.2, 0) is 0 Å². The van der Waals surface area contributed by atoms with Gasteiger partial charge in [0.05, 0.1) is 5.69 Å². The van der Waals surface area contributed by atoms with Crippen molar-refractivity contribution in [2.24, 2.45) is 5.41 Å². The van der Waals surface area contributed by atoms with Crippen molar-refractivity contribution in [1.29, 1.82) is 0 Å². The Morgan fingerprint density at radius 1 is 1.19 bits per heavy atom. The van der Waals surface area contributed by atoms with E-state index in [1.807, 2.05) is 6.92 Å². The van der Waals surface area contributed by atoms with Crippen molar-refractivity contribution in [2.75, 3.05) is 31.1 Å². The first kappa shape index (κ1) is 14.8. The number of likely N-dealkylation sites (tertiary alicyclic amines) is 1. The number of aryl methyl sites for hydroxylation is 1. The fourth-order valence-corrected chi connectivity index (χ4v) is 3.90. The van der Waals surface area contributed by atoms with Gasteiger partial charge in [-0.1, -0.05) is 6.92 Å². The van der Waals surface area contributed by atoms with Crippen molar-refractivity contribution in [3.8, 4) is 0 Å². The first-order valence-corrected chi connectivity index (χ1v) is 8.41. The third-order valence-electron chi connectivity index (χ3n) is 5.45. The molecule has 1 spiro atoms. The highest BCUT2D eigenvalue weighted by atomic mass is 15.3. The predicted molar refractivity (Wildman–Crippen MR) is 86.6 cm³/mol. The molecule has 2 aliphatic heterocycles. The lowest BCUT2D eigenvalue weighted by Gasteiger charge is -2.41. The van der Waals surface area contributed by atoms with Crippen LogP contribution in [0.1, 0.15) is 45.2 Å². The molecule has 0 aromatic carbocycles. The first-order chi connectivity index (χ1) is 10.1. The standard InChI is InChI=1S/C17H28N4/c1-4-15(3)20-11-9-17(12-20)8-5-10-21(13-17)16-7-6-14(2)18-19-16/h6-7,15H,4-5,8-13H2,1-3H3/t15-,17-/m1/s1. The average Bonchev–Trinajstić information content (AvgIpc) is 2.91. The molecule has 1 aromatic heterocycles. The lowest BCUT2D eigenvalue weighted by atomic mass is 9.79. The van der Waals surface area contributed by atoms with Gasteiger partial charge in [0.25, 0.3) is 0 Å². The summed E-state index contributed by atoms with van der Waals surface area (Å²) in [5, 5.41) is 8.61. The molecule has 2 aliphatic rings. The largest absolute Gasteiger partial charge is 0.355 e. The molecule has 3 rings (SSSR count). The minimum absolute atomic E-state index is 0.480. The van der Waals surface area contributed by atoms with Crippen molar-refractivity contribution in [3.05, 3.63) is 17.8 Å². The SMILES string of the molecule is CC[C@@H](C)N1CC[C@]2(CCCN(c3ccc(C)nn3)C2)C1. The molecule has 0 N–H and O–H groups in total. The summed E-state index contributed by atoms with van der Waals surface area (Å²) in [5.74, 6) is 1.06. The van der Waals surface area contributed by atoms with E-state index < -0.39 is 0 Å². The second-order valence-electron chi connectivity index (χ2n) is 7.04. The van der Waals surface area contributed by atoms with E-state index in [-0.39, 0.29) is 0 Å². The van der Waals surface area contributed by atoms with Gasteiger partial charge in [0.15, 0.2) is 5.82 Å². The van der Waals surface area contributed by atoms with Gasteiger partial charge in [-0.2, -0.15) is 5.10 Å². The zero-order valence-electron chi connectivity index (χ0n) is 13.7. The molecule has 4 nitrogen and oxygen atoms in total. The molecule has 0 amide bonds. The highest BCUT2D eigenvalue weighted by Crippen LogP contribution is 2.40. The van der Waals surface area contributed by atoms with Crippen molar-refractivity contribution >= 4 is 5.82 Å². The maximum absolute atomic E-state index is 4.39. The number of hydrogen-bond acceptors (Lipinski definition) is 4. The van der Waals surface area contributed by atoms with Crippen molar-refractivity contribution in [2.45, 2.75) is 52.5 Å². The zero-order valence-corrected chi connectivity index (χ0v) is 13.7. The average molecular weight is 288 g/mol. The van der Waals surface area contributed by atoms with E-state index >= 15 is 0 Å². The monoisotopic (exact) mass is 288 g/mol. The van der Waals surface area contributed by atoms with E-state index in [2.05, 4.69) is 46.0 Å². The number of hydrogen-bond donors (Lipinski definition) is 0. The van der Waals surface area contributed by atoms with E-state index in [0.717, 1.165) is 30.6 Å². The van der Waals surface area contributed by atoms with E-state index in [4.69, 9.17) is 0 Å². The summed E-state index contributed by atoms with van der Waals surface area (Å²) in [6, 6.07) is 4.92. The molecule has 3 heterocycles. The summed E-state index contributed by atoms with van der Waals surface area (Å²) >= 11 is 0. The summed E-state index contributed by atoms with van der Waals surface area (Å²) in [7, 11) is 0. The van der Waals surface area contributed by atoms with Gasteiger partial charge in [-0.05, 0) is 58.2 Å². The molecule has 1 aromatic rings. The number of anilines is 1. The molecule has 0 radical (unpaired) electrons. The summed E-state index contributed by atoms with van der Waals surface area (Å²) < 4.78 is 0. The third kappa shape index (κ3) is 3.05. The Hall–Kier alpha value is -1.16. The van der Waals surface area contributed by atoms with Crippen LogP contribution in [0.2, 0.25) is 0 Å². The minimum atomic E-state index is 0.480. The molecule has 2 saturated heterocycles. The highest BCUT2D eigenvalue weighted by molar-refractivity contribution is 5.38. The highest BCUT2D eigenvalue weighted by Gasteiger charge is 2.42. The molecule has 2 fully saturated rings. The van der Waals surface area contributed by atoms with Crippen LogP contribution in [0.15, 0.2) is 12.1 Å². The van der Waals surface area contributed by atoms with Crippen molar-refractivity contribution < 1.29 is 0 Å². The number of piperidine rings is 1. The first-order valence-electron chi connectivity index (χ1n) is 8.41. The maximum atomic E-state index is 4.39. The predicted octanol–water partition coefficient (Wildman–Crippen LogP) is 2.88. The summed E-state index contributed by atoms with van der Waals surface area (Å²) in [6.45, 7) is 11.5. The summed E-state index contributed by atoms with van der Waals surface area (Å²) in [5.41, 5.74) is 1.48. The number of nitrogens with zero attached hydrogens (tertiary/aromatic N) is 4. The van der Waals surface area contributed by atoms with Crippen LogP contribution in [0.3, 0.4) is 0 Å². The van der Waals surface area contributed by atoms with Crippen LogP contribution in [-0.4, -0.2) is 47.3 Å². The Bertz CT molecular complexity index is 472. The van der Waals surface area contributed by atoms with E-state index in [9.17, 15) is 0 Å². The molecule has 0 aliphatic carbocycles. The maximum Gasteiger partial charge on any atom is 0.151 e. The molecule has 21 heavy (non-hydrogen) atoms. The normalized spacial score (nSPS) is 28.2. The van der Waals surface area contributed by atoms with Crippen LogP contribution >= 0.6 is 0 Å². The van der Waals surface area contributed by atoms with Crippen molar-refractivity contribution in [3.63, 3.8) is 0 Å².